The van der Waals surface area contributed by atoms with Crippen LogP contribution >= 0.6 is 15.6 Å². The maximum atomic E-state index is 14.3. The van der Waals surface area contributed by atoms with E-state index in [2.05, 4.69) is 9.84 Å². The number of aromatic nitrogens is 2. The normalized spacial score (nSPS) is 12.4. The number of hydrogen-bond acceptors (Lipinski definition) is 8. The van der Waals surface area contributed by atoms with Crippen LogP contribution in [0.25, 0.3) is 22.0 Å². The van der Waals surface area contributed by atoms with Gasteiger partial charge >= 0.3 is 15.6 Å². The highest BCUT2D eigenvalue weighted by Gasteiger charge is 2.29. The van der Waals surface area contributed by atoms with Crippen molar-refractivity contribution < 1.29 is 56.4 Å². The third-order valence-electron chi connectivity index (χ3n) is 8.68. The Balaban J connectivity index is 1.75. The number of benzene rings is 3. The molecule has 5 aromatic rings. The lowest BCUT2D eigenvalue weighted by molar-refractivity contribution is -0.0976. The number of anilines is 1. The Hall–Kier alpha value is -4.47. The lowest BCUT2D eigenvalue weighted by Crippen LogP contribution is -2.23. The zero-order valence-electron chi connectivity index (χ0n) is 30.2. The minimum atomic E-state index is -5.09. The largest absolute Gasteiger partial charge is 0.471 e. The van der Waals surface area contributed by atoms with Gasteiger partial charge in [0.15, 0.2) is 6.79 Å². The standard InChI is InChI=1S/C36H40FN3O12P2/c1-7-23-8-11-26(12-9-23)38-34(41)30-17-28-29(18-39(6)35(42)32(28)40(30)19-50-53(43,44)45)27-16-24(36(4,5)49-20-51-54(46,47)48)10-13-31(27)52-33-21(2)14-25(37)15-22(33)3/h8-18H,7,19-20H2,1-6H3,(H,38,41)(H2,43,44,45)(H2,46,47,48). The minimum Gasteiger partial charge on any atom is -0.456 e. The lowest BCUT2D eigenvalue weighted by atomic mass is 9.92. The van der Waals surface area contributed by atoms with Crippen molar-refractivity contribution in [3.05, 3.63) is 111 Å². The molecule has 288 valence electrons. The number of halogens is 1. The van der Waals surface area contributed by atoms with Gasteiger partial charge in [0.05, 0.1) is 5.60 Å². The minimum absolute atomic E-state index is 0.133. The van der Waals surface area contributed by atoms with Gasteiger partial charge < -0.3 is 43.5 Å². The predicted octanol–water partition coefficient (Wildman–Crippen LogP) is 6.76. The fraction of sp³-hybridized carbons (Fsp3) is 0.278. The topological polar surface area (TPSA) is 208 Å². The summed E-state index contributed by atoms with van der Waals surface area (Å²) in [6.07, 6.45) is 2.26. The van der Waals surface area contributed by atoms with Gasteiger partial charge in [0, 0.05) is 35.4 Å². The molecule has 0 aliphatic heterocycles. The molecule has 54 heavy (non-hydrogen) atoms. The smallest absolute Gasteiger partial charge is 0.456 e. The summed E-state index contributed by atoms with van der Waals surface area (Å²) < 4.78 is 61.2. The quantitative estimate of drug-likeness (QED) is 0.0585. The molecule has 18 heteroatoms. The number of phosphoric acid groups is 2. The first-order valence-electron chi connectivity index (χ1n) is 16.4. The Bertz CT molecular complexity index is 2360. The molecule has 0 fully saturated rings. The van der Waals surface area contributed by atoms with Crippen LogP contribution in [0.3, 0.4) is 0 Å². The van der Waals surface area contributed by atoms with E-state index in [1.807, 2.05) is 19.1 Å². The number of aryl methyl sites for hydroxylation is 4. The van der Waals surface area contributed by atoms with E-state index in [1.54, 1.807) is 58.0 Å². The first-order valence-corrected chi connectivity index (χ1v) is 19.5. The van der Waals surface area contributed by atoms with Crippen LogP contribution in [0.4, 0.5) is 10.1 Å². The highest BCUT2D eigenvalue weighted by molar-refractivity contribution is 7.46. The molecule has 0 radical (unpaired) electrons. The van der Waals surface area contributed by atoms with E-state index in [1.165, 1.54) is 36.0 Å². The molecule has 0 bridgehead atoms. The van der Waals surface area contributed by atoms with Crippen molar-refractivity contribution in [2.45, 2.75) is 53.4 Å². The molecule has 3 aromatic carbocycles. The molecule has 0 saturated carbocycles. The fourth-order valence-corrected chi connectivity index (χ4v) is 6.32. The third kappa shape index (κ3) is 9.42. The molecule has 0 spiro atoms. The first-order chi connectivity index (χ1) is 25.2. The van der Waals surface area contributed by atoms with E-state index in [0.29, 0.717) is 39.3 Å². The number of nitrogens with one attached hydrogen (secondary N) is 1. The Labute approximate surface area is 309 Å². The second kappa shape index (κ2) is 15.7. The molecule has 0 atom stereocenters. The highest BCUT2D eigenvalue weighted by Crippen LogP contribution is 2.43. The lowest BCUT2D eigenvalue weighted by Gasteiger charge is -2.27. The van der Waals surface area contributed by atoms with Gasteiger partial charge in [0.25, 0.3) is 11.5 Å². The number of ether oxygens (including phenoxy) is 2. The van der Waals surface area contributed by atoms with Crippen molar-refractivity contribution in [2.24, 2.45) is 7.05 Å². The molecular weight excluding hydrogens is 747 g/mol. The molecule has 0 saturated heterocycles. The summed E-state index contributed by atoms with van der Waals surface area (Å²) in [5, 5.41) is 2.94. The van der Waals surface area contributed by atoms with Crippen molar-refractivity contribution >= 4 is 38.1 Å². The average molecular weight is 788 g/mol. The van der Waals surface area contributed by atoms with Gasteiger partial charge in [-0.3, -0.25) is 18.6 Å². The first kappa shape index (κ1) is 40.7. The van der Waals surface area contributed by atoms with Gasteiger partial charge in [0.1, 0.15) is 35.3 Å². The van der Waals surface area contributed by atoms with Crippen LogP contribution in [-0.4, -0.2) is 41.4 Å². The molecule has 15 nitrogen and oxygen atoms in total. The summed E-state index contributed by atoms with van der Waals surface area (Å²) in [6, 6.07) is 16.0. The van der Waals surface area contributed by atoms with Gasteiger partial charge in [-0.15, -0.1) is 0 Å². The van der Waals surface area contributed by atoms with E-state index in [9.17, 15) is 42.7 Å². The molecule has 1 amide bonds. The van der Waals surface area contributed by atoms with Gasteiger partial charge in [-0.25, -0.2) is 13.5 Å². The van der Waals surface area contributed by atoms with Crippen LogP contribution in [0.2, 0.25) is 0 Å². The summed E-state index contributed by atoms with van der Waals surface area (Å²) in [5.41, 5.74) is 1.38. The summed E-state index contributed by atoms with van der Waals surface area (Å²) in [5.74, 6) is -0.603. The Morgan fingerprint density at radius 2 is 1.54 bits per heavy atom. The van der Waals surface area contributed by atoms with Gasteiger partial charge in [-0.2, -0.15) is 0 Å². The van der Waals surface area contributed by atoms with E-state index >= 15 is 0 Å². The van der Waals surface area contributed by atoms with Crippen LogP contribution in [0, 0.1) is 19.7 Å². The van der Waals surface area contributed by atoms with Crippen LogP contribution in [0.15, 0.2) is 71.7 Å². The summed E-state index contributed by atoms with van der Waals surface area (Å²) in [4.78, 5) is 65.2. The molecule has 2 aromatic heterocycles. The van der Waals surface area contributed by atoms with Gasteiger partial charge in [-0.05, 0) is 98.8 Å². The van der Waals surface area contributed by atoms with Crippen molar-refractivity contribution in [3.8, 4) is 22.6 Å². The fourth-order valence-electron chi connectivity index (χ4n) is 5.86. The summed E-state index contributed by atoms with van der Waals surface area (Å²) in [7, 11) is -8.49. The summed E-state index contributed by atoms with van der Waals surface area (Å²) in [6.45, 7) is 6.95. The number of rotatable bonds is 14. The zero-order chi connectivity index (χ0) is 39.7. The van der Waals surface area contributed by atoms with Gasteiger partial charge in [-0.1, -0.05) is 25.1 Å². The number of hydrogen-bond donors (Lipinski definition) is 5. The maximum absolute atomic E-state index is 14.3. The second-order valence-electron chi connectivity index (χ2n) is 13.0. The average Bonchev–Trinajstić information content (AvgIpc) is 3.46. The number of phosphoric ester groups is 2. The Morgan fingerprint density at radius 1 is 0.907 bits per heavy atom. The number of carbonyl (C=O) groups is 1. The monoisotopic (exact) mass is 787 g/mol. The van der Waals surface area contributed by atoms with Crippen LogP contribution in [-0.2, 0) is 48.7 Å². The second-order valence-corrected chi connectivity index (χ2v) is 15.5. The Kier molecular flexibility index (Phi) is 11.8. The zero-order valence-corrected chi connectivity index (χ0v) is 32.0. The molecule has 0 aliphatic carbocycles. The summed E-state index contributed by atoms with van der Waals surface area (Å²) >= 11 is 0. The molecule has 2 heterocycles. The van der Waals surface area contributed by atoms with E-state index in [0.717, 1.165) is 16.6 Å². The van der Waals surface area contributed by atoms with E-state index in [4.69, 9.17) is 14.0 Å². The van der Waals surface area contributed by atoms with Crippen LogP contribution in [0.1, 0.15) is 53.5 Å². The van der Waals surface area contributed by atoms with Crippen molar-refractivity contribution in [1.29, 1.82) is 0 Å². The molecule has 0 aliphatic rings. The molecule has 0 unspecified atom stereocenters. The van der Waals surface area contributed by atoms with Crippen molar-refractivity contribution in [3.63, 3.8) is 0 Å². The predicted molar refractivity (Wildman–Crippen MR) is 198 cm³/mol. The maximum Gasteiger partial charge on any atom is 0.471 e. The number of amides is 1. The van der Waals surface area contributed by atoms with Gasteiger partial charge in [0.2, 0.25) is 0 Å². The van der Waals surface area contributed by atoms with E-state index < -0.39 is 52.1 Å². The van der Waals surface area contributed by atoms with Crippen LogP contribution in [0.5, 0.6) is 11.5 Å². The Morgan fingerprint density at radius 3 is 2.13 bits per heavy atom. The molecule has 5 N–H and O–H groups in total. The van der Waals surface area contributed by atoms with Crippen molar-refractivity contribution in [1.82, 2.24) is 9.13 Å². The number of fused-ring (bicyclic) bond motifs is 1. The van der Waals surface area contributed by atoms with Crippen LogP contribution < -0.4 is 15.6 Å². The number of pyridine rings is 1. The van der Waals surface area contributed by atoms with Crippen molar-refractivity contribution in [2.75, 3.05) is 12.1 Å². The highest BCUT2D eigenvalue weighted by atomic mass is 31.2. The van der Waals surface area contributed by atoms with E-state index in [-0.39, 0.29) is 22.3 Å². The number of carbonyl (C=O) groups excluding carboxylic acids is 1. The molecular formula is C36H40FN3O12P2. The molecule has 5 rings (SSSR count). The number of nitrogens with zero attached hydrogens (tertiary/aromatic N) is 2. The third-order valence-corrected chi connectivity index (χ3v) is 9.58. The SMILES string of the molecule is CCc1ccc(NC(=O)c2cc3c(-c4cc(C(C)(C)OCOP(=O)(O)O)ccc4Oc4c(C)cc(F)cc4C)cn(C)c(=O)c3n2COP(=O)(O)O)cc1.